The summed E-state index contributed by atoms with van der Waals surface area (Å²) >= 11 is 1.85. The third-order valence-corrected chi connectivity index (χ3v) is 7.89. The maximum atomic E-state index is 14.1. The van der Waals surface area contributed by atoms with Crippen LogP contribution in [0.4, 0.5) is 4.39 Å². The number of benzene rings is 2. The van der Waals surface area contributed by atoms with E-state index in [4.69, 9.17) is 4.98 Å². The van der Waals surface area contributed by atoms with Crippen molar-refractivity contribution in [1.82, 2.24) is 28.8 Å². The van der Waals surface area contributed by atoms with Crippen molar-refractivity contribution in [3.63, 3.8) is 0 Å². The van der Waals surface area contributed by atoms with Crippen LogP contribution in [0.1, 0.15) is 36.7 Å². The Kier molecular flexibility index (Phi) is 5.55. The molecule has 6 rings (SSSR count). The molecule has 0 amide bonds. The lowest BCUT2D eigenvalue weighted by Crippen LogP contribution is -2.29. The van der Waals surface area contributed by atoms with E-state index >= 15 is 0 Å². The number of phenols is 1. The molecule has 7 nitrogen and oxygen atoms in total. The summed E-state index contributed by atoms with van der Waals surface area (Å²) in [6, 6.07) is 8.87. The van der Waals surface area contributed by atoms with E-state index in [1.165, 1.54) is 30.7 Å². The number of hydrogen-bond acceptors (Lipinski definition) is 6. The SMILES string of the molecule is CCc1cc(O)c(F)cc1-c1ccc2c(-c3nc4c([nH]3)CCN(SN3CCCC3)C4)n[nH]c2c1. The number of aromatic amines is 2. The standard InChI is InChI=1S/C25H27FN6OS/c1-2-15-12-23(33)19(26)13-18(15)16-5-6-17-21(11-16)29-30-24(17)25-27-20-7-10-32(14-22(20)28-25)34-31-8-3-4-9-31/h5-6,11-13,33H,2-4,7-10,14H2,1H3,(H,27,28)(H,29,30). The molecule has 176 valence electrons. The summed E-state index contributed by atoms with van der Waals surface area (Å²) in [6.07, 6.45) is 4.21. The Morgan fingerprint density at radius 1 is 1.12 bits per heavy atom. The van der Waals surface area contributed by atoms with Gasteiger partial charge in [0.25, 0.3) is 0 Å². The second-order valence-electron chi connectivity index (χ2n) is 8.99. The number of aromatic nitrogens is 4. The van der Waals surface area contributed by atoms with Gasteiger partial charge in [0, 0.05) is 49.3 Å². The second kappa shape index (κ2) is 8.72. The zero-order valence-corrected chi connectivity index (χ0v) is 19.9. The van der Waals surface area contributed by atoms with Gasteiger partial charge in [0.1, 0.15) is 5.69 Å². The summed E-state index contributed by atoms with van der Waals surface area (Å²) in [5, 5.41) is 18.4. The lowest BCUT2D eigenvalue weighted by molar-refractivity contribution is 0.411. The van der Waals surface area contributed by atoms with E-state index < -0.39 is 5.82 Å². The van der Waals surface area contributed by atoms with Gasteiger partial charge < -0.3 is 10.1 Å². The minimum atomic E-state index is -0.615. The first-order chi connectivity index (χ1) is 16.6. The molecule has 34 heavy (non-hydrogen) atoms. The number of hydrogen-bond donors (Lipinski definition) is 3. The number of halogens is 1. The summed E-state index contributed by atoms with van der Waals surface area (Å²) in [6.45, 7) is 6.15. The van der Waals surface area contributed by atoms with Gasteiger partial charge in [0.15, 0.2) is 17.4 Å². The van der Waals surface area contributed by atoms with Crippen LogP contribution in [-0.2, 0) is 19.4 Å². The third kappa shape index (κ3) is 3.87. The monoisotopic (exact) mass is 478 g/mol. The highest BCUT2D eigenvalue weighted by Gasteiger charge is 2.25. The Morgan fingerprint density at radius 3 is 2.79 bits per heavy atom. The molecule has 1 saturated heterocycles. The fourth-order valence-electron chi connectivity index (χ4n) is 4.91. The molecule has 2 aliphatic heterocycles. The van der Waals surface area contributed by atoms with E-state index in [1.807, 2.05) is 37.3 Å². The fraction of sp³-hybridized carbons (Fsp3) is 0.360. The van der Waals surface area contributed by atoms with E-state index in [2.05, 4.69) is 23.8 Å². The molecule has 0 atom stereocenters. The van der Waals surface area contributed by atoms with Crippen LogP contribution < -0.4 is 0 Å². The largest absolute Gasteiger partial charge is 0.505 e. The van der Waals surface area contributed by atoms with Crippen molar-refractivity contribution < 1.29 is 9.50 Å². The second-order valence-corrected chi connectivity index (χ2v) is 10.2. The molecule has 9 heteroatoms. The maximum Gasteiger partial charge on any atom is 0.165 e. The molecule has 2 aromatic carbocycles. The molecule has 0 unspecified atom stereocenters. The topological polar surface area (TPSA) is 84.1 Å². The maximum absolute atomic E-state index is 14.1. The van der Waals surface area contributed by atoms with Crippen molar-refractivity contribution in [3.05, 3.63) is 53.1 Å². The van der Waals surface area contributed by atoms with Crippen molar-refractivity contribution >= 4 is 23.0 Å². The van der Waals surface area contributed by atoms with Gasteiger partial charge in [0.2, 0.25) is 0 Å². The Hall–Kier alpha value is -2.88. The molecule has 4 heterocycles. The number of imidazole rings is 1. The van der Waals surface area contributed by atoms with Crippen molar-refractivity contribution in [2.24, 2.45) is 0 Å². The summed E-state index contributed by atoms with van der Waals surface area (Å²) < 4.78 is 18.9. The number of aryl methyl sites for hydroxylation is 1. The van der Waals surface area contributed by atoms with E-state index in [-0.39, 0.29) is 5.75 Å². The van der Waals surface area contributed by atoms with Gasteiger partial charge in [-0.25, -0.2) is 18.0 Å². The Balaban J connectivity index is 1.29. The number of phenolic OH excluding ortho intramolecular Hbond substituents is 1. The number of rotatable bonds is 5. The van der Waals surface area contributed by atoms with Crippen LogP contribution in [0, 0.1) is 5.82 Å². The normalized spacial score (nSPS) is 17.0. The molecule has 0 aliphatic carbocycles. The highest BCUT2D eigenvalue weighted by molar-refractivity contribution is 7.94. The highest BCUT2D eigenvalue weighted by Crippen LogP contribution is 2.34. The summed E-state index contributed by atoms with van der Waals surface area (Å²) in [5.41, 5.74) is 6.49. The molecule has 2 aromatic heterocycles. The molecule has 0 radical (unpaired) electrons. The zero-order valence-electron chi connectivity index (χ0n) is 19.1. The number of nitrogens with zero attached hydrogens (tertiary/aromatic N) is 4. The average Bonchev–Trinajstić information content (AvgIpc) is 3.59. The fourth-order valence-corrected chi connectivity index (χ4v) is 6.02. The summed E-state index contributed by atoms with van der Waals surface area (Å²) in [4.78, 5) is 8.41. The highest BCUT2D eigenvalue weighted by atomic mass is 32.2. The Morgan fingerprint density at radius 2 is 1.97 bits per heavy atom. The quantitative estimate of drug-likeness (QED) is 0.349. The summed E-state index contributed by atoms with van der Waals surface area (Å²) in [7, 11) is 0. The van der Waals surface area contributed by atoms with Crippen LogP contribution in [0.2, 0.25) is 0 Å². The number of H-pyrrole nitrogens is 2. The van der Waals surface area contributed by atoms with E-state index in [9.17, 15) is 9.50 Å². The van der Waals surface area contributed by atoms with Crippen LogP contribution in [0.25, 0.3) is 33.5 Å². The lowest BCUT2D eigenvalue weighted by Gasteiger charge is -2.28. The van der Waals surface area contributed by atoms with E-state index in [0.717, 1.165) is 77.4 Å². The van der Waals surface area contributed by atoms with E-state index in [1.54, 1.807) is 0 Å². The van der Waals surface area contributed by atoms with Crippen molar-refractivity contribution in [2.45, 2.75) is 39.2 Å². The predicted molar refractivity (Wildman–Crippen MR) is 133 cm³/mol. The van der Waals surface area contributed by atoms with Crippen molar-refractivity contribution in [1.29, 1.82) is 0 Å². The minimum Gasteiger partial charge on any atom is -0.505 e. The summed E-state index contributed by atoms with van der Waals surface area (Å²) in [5.74, 6) is -0.151. The van der Waals surface area contributed by atoms with Crippen LogP contribution in [0.15, 0.2) is 30.3 Å². The molecule has 0 spiro atoms. The molecule has 0 bridgehead atoms. The molecular weight excluding hydrogens is 451 g/mol. The van der Waals surface area contributed by atoms with E-state index in [0.29, 0.717) is 6.42 Å². The van der Waals surface area contributed by atoms with Gasteiger partial charge in [-0.2, -0.15) is 5.10 Å². The van der Waals surface area contributed by atoms with Crippen LogP contribution in [-0.4, -0.2) is 53.5 Å². The van der Waals surface area contributed by atoms with Crippen LogP contribution in [0.5, 0.6) is 5.75 Å². The molecular formula is C25H27FN6OS. The van der Waals surface area contributed by atoms with Gasteiger partial charge in [-0.3, -0.25) is 5.10 Å². The first-order valence-electron chi connectivity index (χ1n) is 11.8. The molecule has 3 N–H and O–H groups in total. The smallest absolute Gasteiger partial charge is 0.165 e. The van der Waals surface area contributed by atoms with Gasteiger partial charge in [0.05, 0.1) is 17.8 Å². The van der Waals surface area contributed by atoms with Gasteiger partial charge >= 0.3 is 0 Å². The lowest BCUT2D eigenvalue weighted by atomic mass is 9.96. The average molecular weight is 479 g/mol. The molecule has 1 fully saturated rings. The van der Waals surface area contributed by atoms with Crippen LogP contribution >= 0.6 is 12.1 Å². The van der Waals surface area contributed by atoms with Crippen molar-refractivity contribution in [2.75, 3.05) is 19.6 Å². The number of fused-ring (bicyclic) bond motifs is 2. The van der Waals surface area contributed by atoms with Gasteiger partial charge in [-0.15, -0.1) is 0 Å². The Bertz CT molecular complexity index is 1360. The molecule has 4 aromatic rings. The minimum absolute atomic E-state index is 0.315. The predicted octanol–water partition coefficient (Wildman–Crippen LogP) is 5.04. The first-order valence-corrected chi connectivity index (χ1v) is 12.6. The molecule has 2 aliphatic rings. The molecule has 0 saturated carbocycles. The number of nitrogens with one attached hydrogen (secondary N) is 2. The van der Waals surface area contributed by atoms with Crippen LogP contribution in [0.3, 0.4) is 0 Å². The van der Waals surface area contributed by atoms with Gasteiger partial charge in [-0.1, -0.05) is 13.0 Å². The third-order valence-electron chi connectivity index (χ3n) is 6.75. The van der Waals surface area contributed by atoms with Gasteiger partial charge in [-0.05, 0) is 60.2 Å². The zero-order chi connectivity index (χ0) is 23.2. The number of aromatic hydroxyl groups is 1. The first kappa shape index (κ1) is 21.6. The van der Waals surface area contributed by atoms with Crippen molar-refractivity contribution in [3.8, 4) is 28.4 Å². The Labute approximate surface area is 201 Å².